The number of benzene rings is 1. The fraction of sp³-hybridized carbons (Fsp3) is 0.0625. The third kappa shape index (κ3) is 3.32. The molecule has 23 heavy (non-hydrogen) atoms. The number of rotatable bonds is 4. The number of ether oxygens (including phenoxy) is 1. The van der Waals surface area contributed by atoms with E-state index in [4.69, 9.17) is 16.3 Å². The molecule has 0 aliphatic carbocycles. The van der Waals surface area contributed by atoms with Crippen molar-refractivity contribution in [2.75, 3.05) is 12.4 Å². The Kier molecular flexibility index (Phi) is 4.25. The van der Waals surface area contributed by atoms with Crippen LogP contribution in [-0.2, 0) is 0 Å². The number of pyridine rings is 1. The van der Waals surface area contributed by atoms with E-state index in [1.54, 1.807) is 49.7 Å². The third-order valence-corrected chi connectivity index (χ3v) is 3.43. The molecule has 0 radical (unpaired) electrons. The predicted molar refractivity (Wildman–Crippen MR) is 87.8 cm³/mol. The molecule has 0 saturated heterocycles. The summed E-state index contributed by atoms with van der Waals surface area (Å²) in [5.74, 6) is 0.772. The van der Waals surface area contributed by atoms with Gasteiger partial charge in [-0.1, -0.05) is 11.6 Å². The molecule has 2 N–H and O–H groups in total. The number of nitrogens with zero attached hydrogens (tertiary/aromatic N) is 2. The Bertz CT molecular complexity index is 833. The zero-order valence-corrected chi connectivity index (χ0v) is 13.0. The molecule has 2 heterocycles. The van der Waals surface area contributed by atoms with E-state index in [2.05, 4.69) is 20.5 Å². The molecule has 3 aromatic rings. The molecular formula is C16H13ClN4O2. The van der Waals surface area contributed by atoms with Crippen LogP contribution < -0.4 is 10.1 Å². The van der Waals surface area contributed by atoms with E-state index in [0.717, 1.165) is 5.56 Å². The Labute approximate surface area is 137 Å². The summed E-state index contributed by atoms with van der Waals surface area (Å²) in [7, 11) is 1.58. The average molecular weight is 329 g/mol. The van der Waals surface area contributed by atoms with Gasteiger partial charge in [0.1, 0.15) is 5.75 Å². The fourth-order valence-corrected chi connectivity index (χ4v) is 2.27. The number of carbonyl (C=O) groups is 1. The van der Waals surface area contributed by atoms with E-state index in [1.807, 2.05) is 0 Å². The van der Waals surface area contributed by atoms with Crippen molar-refractivity contribution in [1.29, 1.82) is 0 Å². The maximum atomic E-state index is 12.1. The predicted octanol–water partition coefficient (Wildman–Crippen LogP) is 3.39. The number of nitrogens with one attached hydrogen (secondary N) is 2. The minimum Gasteiger partial charge on any atom is -0.496 e. The van der Waals surface area contributed by atoms with Crippen LogP contribution in [0.4, 0.5) is 5.82 Å². The number of hydrogen-bond acceptors (Lipinski definition) is 4. The van der Waals surface area contributed by atoms with Crippen molar-refractivity contribution in [3.05, 3.63) is 59.4 Å². The van der Waals surface area contributed by atoms with E-state index >= 15 is 0 Å². The average Bonchev–Trinajstić information content (AvgIpc) is 3.04. The van der Waals surface area contributed by atoms with Gasteiger partial charge in [-0.25, -0.2) is 0 Å². The summed E-state index contributed by atoms with van der Waals surface area (Å²) in [6, 6.07) is 10.4. The number of methoxy groups -OCH3 is 1. The number of aromatic nitrogens is 3. The number of hydrogen-bond donors (Lipinski definition) is 2. The molecule has 0 aliphatic rings. The van der Waals surface area contributed by atoms with Crippen LogP contribution in [-0.4, -0.2) is 28.2 Å². The SMILES string of the molecule is COc1ccc(Cl)cc1-c1cc(NC(=O)c2cccnc2)n[nH]1. The molecule has 0 spiro atoms. The van der Waals surface area contributed by atoms with Crippen LogP contribution >= 0.6 is 11.6 Å². The number of anilines is 1. The van der Waals surface area contributed by atoms with Crippen LogP contribution in [0.3, 0.4) is 0 Å². The maximum absolute atomic E-state index is 12.1. The van der Waals surface area contributed by atoms with Gasteiger partial charge in [0.15, 0.2) is 5.82 Å². The first kappa shape index (κ1) is 15.1. The molecule has 0 bridgehead atoms. The topological polar surface area (TPSA) is 79.9 Å². The quantitative estimate of drug-likeness (QED) is 0.769. The second-order valence-corrected chi connectivity index (χ2v) is 5.14. The van der Waals surface area contributed by atoms with Crippen molar-refractivity contribution in [1.82, 2.24) is 15.2 Å². The van der Waals surface area contributed by atoms with Gasteiger partial charge in [-0.2, -0.15) is 5.10 Å². The minimum atomic E-state index is -0.283. The number of carbonyl (C=O) groups excluding carboxylic acids is 1. The molecule has 0 saturated carbocycles. The van der Waals surface area contributed by atoms with E-state index in [9.17, 15) is 4.79 Å². The molecule has 0 atom stereocenters. The molecule has 3 rings (SSSR count). The Morgan fingerprint density at radius 3 is 2.91 bits per heavy atom. The molecule has 7 heteroatoms. The Balaban J connectivity index is 1.84. The van der Waals surface area contributed by atoms with Gasteiger partial charge in [-0.15, -0.1) is 0 Å². The highest BCUT2D eigenvalue weighted by Gasteiger charge is 2.12. The lowest BCUT2D eigenvalue weighted by Gasteiger charge is -2.06. The van der Waals surface area contributed by atoms with Gasteiger partial charge in [0.2, 0.25) is 0 Å². The summed E-state index contributed by atoms with van der Waals surface area (Å²) in [6.45, 7) is 0. The highest BCUT2D eigenvalue weighted by molar-refractivity contribution is 6.31. The second kappa shape index (κ2) is 6.50. The Morgan fingerprint density at radius 1 is 1.30 bits per heavy atom. The Hall–Kier alpha value is -2.86. The van der Waals surface area contributed by atoms with Gasteiger partial charge in [0.25, 0.3) is 5.91 Å². The van der Waals surface area contributed by atoms with E-state index < -0.39 is 0 Å². The molecule has 0 aliphatic heterocycles. The van der Waals surface area contributed by atoms with Gasteiger partial charge < -0.3 is 10.1 Å². The number of halogens is 1. The number of aromatic amines is 1. The molecule has 1 amide bonds. The molecule has 0 unspecified atom stereocenters. The van der Waals surface area contributed by atoms with E-state index in [1.165, 1.54) is 6.20 Å². The summed E-state index contributed by atoms with van der Waals surface area (Å²) in [5.41, 5.74) is 1.90. The lowest BCUT2D eigenvalue weighted by Crippen LogP contribution is -2.12. The van der Waals surface area contributed by atoms with Gasteiger partial charge >= 0.3 is 0 Å². The van der Waals surface area contributed by atoms with E-state index in [-0.39, 0.29) is 5.91 Å². The normalized spacial score (nSPS) is 10.3. The van der Waals surface area contributed by atoms with Gasteiger partial charge in [-0.05, 0) is 30.3 Å². The molecule has 1 aromatic carbocycles. The van der Waals surface area contributed by atoms with Crippen molar-refractivity contribution in [3.8, 4) is 17.0 Å². The number of amides is 1. The lowest BCUT2D eigenvalue weighted by atomic mass is 10.1. The van der Waals surface area contributed by atoms with Gasteiger partial charge in [-0.3, -0.25) is 14.9 Å². The van der Waals surface area contributed by atoms with E-state index in [0.29, 0.717) is 27.8 Å². The summed E-state index contributed by atoms with van der Waals surface area (Å²) in [5, 5.41) is 10.2. The molecule has 2 aromatic heterocycles. The second-order valence-electron chi connectivity index (χ2n) is 4.71. The molecule has 6 nitrogen and oxygen atoms in total. The lowest BCUT2D eigenvalue weighted by molar-refractivity contribution is 0.102. The monoisotopic (exact) mass is 328 g/mol. The minimum absolute atomic E-state index is 0.283. The zero-order chi connectivity index (χ0) is 16.2. The van der Waals surface area contributed by atoms with Crippen LogP contribution in [0.25, 0.3) is 11.3 Å². The summed E-state index contributed by atoms with van der Waals surface area (Å²) in [4.78, 5) is 16.0. The summed E-state index contributed by atoms with van der Waals surface area (Å²) in [6.07, 6.45) is 3.09. The smallest absolute Gasteiger partial charge is 0.258 e. The van der Waals surface area contributed by atoms with Gasteiger partial charge in [0, 0.05) is 29.0 Å². The molecule has 116 valence electrons. The van der Waals surface area contributed by atoms with Crippen LogP contribution in [0.15, 0.2) is 48.8 Å². The van der Waals surface area contributed by atoms with Crippen LogP contribution in [0.1, 0.15) is 10.4 Å². The molecular weight excluding hydrogens is 316 g/mol. The highest BCUT2D eigenvalue weighted by atomic mass is 35.5. The maximum Gasteiger partial charge on any atom is 0.258 e. The van der Waals surface area contributed by atoms with Gasteiger partial charge in [0.05, 0.1) is 18.4 Å². The third-order valence-electron chi connectivity index (χ3n) is 3.19. The van der Waals surface area contributed by atoms with Crippen molar-refractivity contribution < 1.29 is 9.53 Å². The molecule has 0 fully saturated rings. The van der Waals surface area contributed by atoms with Crippen molar-refractivity contribution >= 4 is 23.3 Å². The highest BCUT2D eigenvalue weighted by Crippen LogP contribution is 2.32. The summed E-state index contributed by atoms with van der Waals surface area (Å²) < 4.78 is 5.31. The standard InChI is InChI=1S/C16H13ClN4O2/c1-23-14-5-4-11(17)7-12(14)13-8-15(21-20-13)19-16(22)10-3-2-6-18-9-10/h2-9H,1H3,(H2,19,20,21,22). The van der Waals surface area contributed by atoms with Crippen molar-refractivity contribution in [3.63, 3.8) is 0 Å². The summed E-state index contributed by atoms with van der Waals surface area (Å²) >= 11 is 6.03. The fourth-order valence-electron chi connectivity index (χ4n) is 2.10. The van der Waals surface area contributed by atoms with Crippen LogP contribution in [0, 0.1) is 0 Å². The first-order valence-electron chi connectivity index (χ1n) is 6.78. The van der Waals surface area contributed by atoms with Crippen LogP contribution in [0.5, 0.6) is 5.75 Å². The van der Waals surface area contributed by atoms with Crippen LogP contribution in [0.2, 0.25) is 5.02 Å². The first-order chi connectivity index (χ1) is 11.2. The van der Waals surface area contributed by atoms with Crippen molar-refractivity contribution in [2.45, 2.75) is 0 Å². The van der Waals surface area contributed by atoms with Crippen molar-refractivity contribution in [2.24, 2.45) is 0 Å². The Morgan fingerprint density at radius 2 is 2.17 bits per heavy atom. The largest absolute Gasteiger partial charge is 0.496 e. The first-order valence-corrected chi connectivity index (χ1v) is 7.16. The number of H-pyrrole nitrogens is 1. The zero-order valence-electron chi connectivity index (χ0n) is 12.2.